The van der Waals surface area contributed by atoms with E-state index in [2.05, 4.69) is 31.6 Å². The van der Waals surface area contributed by atoms with E-state index in [0.717, 1.165) is 52.3 Å². The molecule has 5 N–H and O–H groups in total. The molecule has 6 amide bonds. The molecular weight excluding hydrogens is 991 g/mol. The fraction of sp³-hybridized carbons (Fsp3) is 0.518. The van der Waals surface area contributed by atoms with E-state index in [0.29, 0.717) is 73.3 Å². The largest absolute Gasteiger partial charge is 0.496 e. The number of anilines is 1. The number of ether oxygens (including phenoxy) is 2. The van der Waals surface area contributed by atoms with Gasteiger partial charge in [0.1, 0.15) is 23.6 Å². The molecule has 17 nitrogen and oxygen atoms in total. The number of likely N-dealkylation sites (tertiary alicyclic amines) is 1. The molecule has 0 bridgehead atoms. The van der Waals surface area contributed by atoms with E-state index >= 15 is 0 Å². The van der Waals surface area contributed by atoms with E-state index in [9.17, 15) is 28.8 Å². The number of hydrogen-bond donors (Lipinski definition) is 5. The molecule has 0 spiro atoms. The summed E-state index contributed by atoms with van der Waals surface area (Å²) in [6.07, 6.45) is 7.13. The van der Waals surface area contributed by atoms with Crippen LogP contribution < -0.4 is 36.1 Å². The first kappa shape index (κ1) is 56.7. The molecule has 1 saturated carbocycles. The molecule has 7 rings (SSSR count). The molecule has 7 atom stereocenters. The van der Waals surface area contributed by atoms with Gasteiger partial charge in [-0.1, -0.05) is 81.1 Å². The molecule has 2 aliphatic heterocycles. The molecule has 404 valence electrons. The van der Waals surface area contributed by atoms with Crippen LogP contribution in [0.4, 0.5) is 5.13 Å². The maximum absolute atomic E-state index is 14.6. The van der Waals surface area contributed by atoms with Crippen LogP contribution in [-0.2, 0) is 19.2 Å². The highest BCUT2D eigenvalue weighted by Crippen LogP contribution is 2.39. The average Bonchev–Trinajstić information content (AvgIpc) is 3.98. The lowest BCUT2D eigenvalue weighted by Crippen LogP contribution is -2.59. The predicted molar refractivity (Wildman–Crippen MR) is 292 cm³/mol. The quantitative estimate of drug-likeness (QED) is 0.0628. The summed E-state index contributed by atoms with van der Waals surface area (Å²) in [6, 6.07) is 18.4. The van der Waals surface area contributed by atoms with Gasteiger partial charge in [-0.25, -0.2) is 4.98 Å². The minimum Gasteiger partial charge on any atom is -0.496 e. The second kappa shape index (κ2) is 25.7. The number of nitrogens with one attached hydrogen (secondary N) is 5. The molecule has 3 fully saturated rings. The van der Waals surface area contributed by atoms with Gasteiger partial charge in [0.05, 0.1) is 41.3 Å². The normalized spacial score (nSPS) is 20.3. The first-order valence-corrected chi connectivity index (χ1v) is 27.8. The van der Waals surface area contributed by atoms with Gasteiger partial charge in [0.25, 0.3) is 11.8 Å². The van der Waals surface area contributed by atoms with Gasteiger partial charge in [-0.2, -0.15) is 0 Å². The SMILES string of the molecule is CC[C@@H](NC(=O)[C@@H]1C[C@H](NC2CCCC(Oc3ccc(C(=O)Nc4ncc(Sc5cc(C(=O)N6CCN(C(C)=O)CC6)c(OC)cc5C)s4)cc3)CC2)CN1C(=O)[C@@H](NC(=O)[C@H](C)NC)C(C)(C)C)c1ccccc1. The molecule has 2 unspecified atom stereocenters. The first-order chi connectivity index (χ1) is 35.8. The van der Waals surface area contributed by atoms with Crippen LogP contribution in [0.15, 0.2) is 82.0 Å². The number of hydrogen-bond acceptors (Lipinski definition) is 13. The van der Waals surface area contributed by atoms with E-state index in [1.165, 1.54) is 30.0 Å². The van der Waals surface area contributed by atoms with E-state index < -0.39 is 23.5 Å². The van der Waals surface area contributed by atoms with Crippen LogP contribution in [0.2, 0.25) is 0 Å². The standard InChI is InChI=1S/C56H75N9O8S2/c1-10-44(37-15-12-11-13-16-37)60-52(69)45-30-40(33-65(45)54(71)49(56(5,6)7)61-50(67)35(3)57-8)59-39-17-14-18-41(24-21-39)73-42-22-19-38(20-23-42)51(68)62-55-58-32-48(75-55)74-47-31-43(46(72-9)29-34(47)2)53(70)64-27-25-63(26-28-64)36(4)66/h11-13,15-16,19-20,22-23,29,31-32,35,39-41,44-45,49,57,59H,10,14,17-18,21,24-28,30,33H2,1-9H3,(H,60,69)(H,61,67)(H,58,62,68)/t35-,39?,40-,41?,44+,45-,49+/m0/s1. The summed E-state index contributed by atoms with van der Waals surface area (Å²) in [7, 11) is 3.25. The number of amides is 6. The molecule has 3 heterocycles. The van der Waals surface area contributed by atoms with Crippen molar-refractivity contribution in [3.8, 4) is 11.5 Å². The monoisotopic (exact) mass is 1070 g/mol. The second-order valence-corrected chi connectivity index (χ2v) is 23.3. The Labute approximate surface area is 450 Å². The highest BCUT2D eigenvalue weighted by atomic mass is 32.2. The molecule has 0 radical (unpaired) electrons. The third-order valence-corrected chi connectivity index (χ3v) is 16.7. The van der Waals surface area contributed by atoms with Gasteiger partial charge in [-0.15, -0.1) is 0 Å². The highest BCUT2D eigenvalue weighted by Gasteiger charge is 2.46. The lowest BCUT2D eigenvalue weighted by atomic mass is 9.85. The van der Waals surface area contributed by atoms with Crippen molar-refractivity contribution in [1.29, 1.82) is 0 Å². The lowest BCUT2D eigenvalue weighted by Gasteiger charge is -2.36. The first-order valence-electron chi connectivity index (χ1n) is 26.2. The minimum absolute atomic E-state index is 0.00113. The van der Waals surface area contributed by atoms with Crippen molar-refractivity contribution in [2.75, 3.05) is 52.2 Å². The van der Waals surface area contributed by atoms with Gasteiger partial charge >= 0.3 is 0 Å². The Morgan fingerprint density at radius 1 is 0.893 bits per heavy atom. The fourth-order valence-corrected chi connectivity index (χ4v) is 11.9. The van der Waals surface area contributed by atoms with Crippen molar-refractivity contribution in [2.24, 2.45) is 5.41 Å². The highest BCUT2D eigenvalue weighted by molar-refractivity contribution is 8.01. The molecule has 2 saturated heterocycles. The van der Waals surface area contributed by atoms with Crippen LogP contribution in [-0.4, -0.2) is 138 Å². The number of benzene rings is 3. The number of carbonyl (C=O) groups excluding carboxylic acids is 6. The summed E-state index contributed by atoms with van der Waals surface area (Å²) < 4.78 is 12.9. The number of aryl methyl sites for hydroxylation is 1. The Morgan fingerprint density at radius 3 is 2.25 bits per heavy atom. The fourth-order valence-electron chi connectivity index (χ4n) is 9.94. The Balaban J connectivity index is 0.930. The van der Waals surface area contributed by atoms with E-state index in [1.807, 2.05) is 89.2 Å². The predicted octanol–water partition coefficient (Wildman–Crippen LogP) is 7.21. The number of likely N-dealkylation sites (N-methyl/N-ethyl adjacent to an activating group) is 1. The smallest absolute Gasteiger partial charge is 0.257 e. The summed E-state index contributed by atoms with van der Waals surface area (Å²) in [4.78, 5) is 91.4. The Hall–Kier alpha value is -6.02. The molecule has 3 aromatic carbocycles. The second-order valence-electron chi connectivity index (χ2n) is 20.9. The summed E-state index contributed by atoms with van der Waals surface area (Å²) >= 11 is 2.80. The van der Waals surface area contributed by atoms with Crippen LogP contribution in [0.3, 0.4) is 0 Å². The number of piperazine rings is 1. The van der Waals surface area contributed by atoms with Crippen LogP contribution in [0, 0.1) is 12.3 Å². The molecule has 1 aromatic heterocycles. The van der Waals surface area contributed by atoms with E-state index in [4.69, 9.17) is 9.47 Å². The summed E-state index contributed by atoms with van der Waals surface area (Å²) in [5.74, 6) is -0.0534. The zero-order valence-corrected chi connectivity index (χ0v) is 46.5. The van der Waals surface area contributed by atoms with E-state index in [-0.39, 0.29) is 59.7 Å². The van der Waals surface area contributed by atoms with Gasteiger partial charge in [0.15, 0.2) is 5.13 Å². The number of carbonyl (C=O) groups is 6. The number of rotatable bonds is 18. The van der Waals surface area contributed by atoms with Crippen molar-refractivity contribution >= 4 is 63.7 Å². The zero-order chi connectivity index (χ0) is 54.0. The molecule has 1 aliphatic carbocycles. The number of nitrogens with zero attached hydrogens (tertiary/aromatic N) is 4. The molecule has 3 aliphatic rings. The van der Waals surface area contributed by atoms with Gasteiger partial charge in [0, 0.05) is 62.2 Å². The van der Waals surface area contributed by atoms with Crippen molar-refractivity contribution in [3.05, 3.63) is 95.2 Å². The summed E-state index contributed by atoms with van der Waals surface area (Å²) in [5, 5.41) is 16.4. The molecule has 75 heavy (non-hydrogen) atoms. The van der Waals surface area contributed by atoms with Gasteiger partial charge < -0.3 is 45.4 Å². The average molecular weight is 1070 g/mol. The van der Waals surface area contributed by atoms with E-state index in [1.54, 1.807) is 54.1 Å². The third kappa shape index (κ3) is 14.7. The number of aromatic nitrogens is 1. The van der Waals surface area contributed by atoms with Crippen LogP contribution in [0.1, 0.15) is 124 Å². The van der Waals surface area contributed by atoms with Gasteiger partial charge in [-0.3, -0.25) is 34.1 Å². The van der Waals surface area contributed by atoms with Crippen LogP contribution in [0.25, 0.3) is 0 Å². The Bertz CT molecular complexity index is 2640. The summed E-state index contributed by atoms with van der Waals surface area (Å²) in [6.45, 7) is 15.3. The van der Waals surface area contributed by atoms with Gasteiger partial charge in [0.2, 0.25) is 23.6 Å². The molecule has 4 aromatic rings. The lowest BCUT2D eigenvalue weighted by molar-refractivity contribution is -0.144. The molecule has 19 heteroatoms. The maximum Gasteiger partial charge on any atom is 0.257 e. The van der Waals surface area contributed by atoms with Gasteiger partial charge in [-0.05, 0) is 119 Å². The minimum atomic E-state index is -0.845. The van der Waals surface area contributed by atoms with Crippen LogP contribution >= 0.6 is 23.1 Å². The number of thiazole rings is 1. The Morgan fingerprint density at radius 2 is 1.60 bits per heavy atom. The summed E-state index contributed by atoms with van der Waals surface area (Å²) in [5.41, 5.74) is 2.22. The Kier molecular flexibility index (Phi) is 19.4. The van der Waals surface area contributed by atoms with Crippen molar-refractivity contribution < 1.29 is 38.2 Å². The van der Waals surface area contributed by atoms with Crippen molar-refractivity contribution in [1.82, 2.24) is 41.0 Å². The van der Waals surface area contributed by atoms with Crippen molar-refractivity contribution in [2.45, 2.75) is 145 Å². The topological polar surface area (TPSA) is 204 Å². The maximum atomic E-state index is 14.6. The zero-order valence-electron chi connectivity index (χ0n) is 44.8. The third-order valence-electron chi connectivity index (χ3n) is 14.5. The van der Waals surface area contributed by atoms with Crippen LogP contribution in [0.5, 0.6) is 11.5 Å². The number of methoxy groups -OCH3 is 1. The molecular formula is C56H75N9O8S2. The van der Waals surface area contributed by atoms with Crippen molar-refractivity contribution in [3.63, 3.8) is 0 Å².